The number of likely N-dealkylation sites (tertiary alicyclic amines) is 1. The van der Waals surface area contributed by atoms with Crippen molar-refractivity contribution >= 4 is 28.6 Å². The fourth-order valence-electron chi connectivity index (χ4n) is 5.99. The first-order valence-electron chi connectivity index (χ1n) is 14.5. The predicted molar refractivity (Wildman–Crippen MR) is 158 cm³/mol. The first-order chi connectivity index (χ1) is 20.4. The summed E-state index contributed by atoms with van der Waals surface area (Å²) in [6.07, 6.45) is 3.87. The van der Waals surface area contributed by atoms with Gasteiger partial charge in [0.05, 0.1) is 35.3 Å². The first kappa shape index (κ1) is 28.6. The number of ether oxygens (including phenoxy) is 2. The number of rotatable bonds is 10. The van der Waals surface area contributed by atoms with E-state index in [0.29, 0.717) is 23.0 Å². The molecule has 2 aliphatic heterocycles. The van der Waals surface area contributed by atoms with E-state index in [4.69, 9.17) is 31.0 Å². The number of hydrogen-bond acceptors (Lipinski definition) is 6. The van der Waals surface area contributed by atoms with Crippen LogP contribution in [0.2, 0.25) is 5.02 Å². The van der Waals surface area contributed by atoms with Crippen LogP contribution in [0.1, 0.15) is 72.0 Å². The van der Waals surface area contributed by atoms with Crippen LogP contribution >= 0.6 is 11.6 Å². The van der Waals surface area contributed by atoms with Crippen LogP contribution in [0.15, 0.2) is 54.6 Å². The molecule has 4 heterocycles. The van der Waals surface area contributed by atoms with Crippen LogP contribution in [-0.2, 0) is 17.9 Å². The quantitative estimate of drug-likeness (QED) is 0.221. The Morgan fingerprint density at radius 2 is 1.95 bits per heavy atom. The minimum Gasteiger partial charge on any atom is -0.478 e. The molecule has 2 fully saturated rings. The van der Waals surface area contributed by atoms with Gasteiger partial charge in [0, 0.05) is 34.9 Å². The third-order valence-corrected chi connectivity index (χ3v) is 8.65. The highest BCUT2D eigenvalue weighted by Crippen LogP contribution is 2.35. The Balaban J connectivity index is 1.16. The second-order valence-electron chi connectivity index (χ2n) is 11.0. The van der Waals surface area contributed by atoms with E-state index in [2.05, 4.69) is 16.4 Å². The maximum absolute atomic E-state index is 14.2. The summed E-state index contributed by atoms with van der Waals surface area (Å²) in [6.45, 7) is 5.45. The average molecular weight is 593 g/mol. The largest absolute Gasteiger partial charge is 0.478 e. The van der Waals surface area contributed by atoms with E-state index >= 15 is 0 Å². The van der Waals surface area contributed by atoms with Crippen LogP contribution in [0, 0.1) is 5.82 Å². The molecule has 2 aliphatic rings. The van der Waals surface area contributed by atoms with Crippen LogP contribution in [-0.4, -0.2) is 56.3 Å². The Kier molecular flexibility index (Phi) is 8.42. The number of imidazole rings is 1. The number of halogens is 2. The lowest BCUT2D eigenvalue weighted by Gasteiger charge is -2.37. The molecule has 1 N–H and O–H groups in total. The number of hydrogen-bond donors (Lipinski definition) is 1. The number of piperidine rings is 1. The van der Waals surface area contributed by atoms with Crippen LogP contribution in [0.5, 0.6) is 5.88 Å². The number of fused-ring (bicyclic) bond motifs is 1. The number of aromatic nitrogens is 3. The van der Waals surface area contributed by atoms with Crippen molar-refractivity contribution in [2.45, 2.75) is 63.8 Å². The predicted octanol–water partition coefficient (Wildman–Crippen LogP) is 6.62. The molecule has 220 valence electrons. The van der Waals surface area contributed by atoms with Gasteiger partial charge in [0.2, 0.25) is 5.88 Å². The molecule has 2 atom stereocenters. The highest BCUT2D eigenvalue weighted by molar-refractivity contribution is 6.30. The number of carboxylic acid groups (broad SMARTS) is 1. The minimum absolute atomic E-state index is 0.0803. The van der Waals surface area contributed by atoms with Gasteiger partial charge in [-0.2, -0.15) is 0 Å². The average Bonchev–Trinajstić information content (AvgIpc) is 3.32. The van der Waals surface area contributed by atoms with E-state index < -0.39 is 11.8 Å². The van der Waals surface area contributed by atoms with Crippen molar-refractivity contribution in [3.63, 3.8) is 0 Å². The smallest absolute Gasteiger partial charge is 0.335 e. The van der Waals surface area contributed by atoms with Crippen molar-refractivity contribution in [3.05, 3.63) is 88.1 Å². The van der Waals surface area contributed by atoms with E-state index in [1.807, 2.05) is 12.1 Å². The fourth-order valence-corrected chi connectivity index (χ4v) is 6.15. The fraction of sp³-hybridized carbons (Fsp3) is 0.406. The third-order valence-electron chi connectivity index (χ3n) is 8.41. The van der Waals surface area contributed by atoms with Crippen molar-refractivity contribution in [2.75, 3.05) is 19.7 Å². The van der Waals surface area contributed by atoms with Crippen molar-refractivity contribution in [3.8, 4) is 5.88 Å². The van der Waals surface area contributed by atoms with Crippen molar-refractivity contribution < 1.29 is 23.8 Å². The summed E-state index contributed by atoms with van der Waals surface area (Å²) in [5, 5.41) is 9.94. The molecule has 0 unspecified atom stereocenters. The molecule has 0 aliphatic carbocycles. The van der Waals surface area contributed by atoms with Crippen molar-refractivity contribution in [1.82, 2.24) is 19.4 Å². The summed E-state index contributed by atoms with van der Waals surface area (Å²) in [4.78, 5) is 24.0. The molecule has 2 saturated heterocycles. The molecule has 0 bridgehead atoms. The topological polar surface area (TPSA) is 89.7 Å². The molecule has 0 radical (unpaired) electrons. The molecular formula is C32H34ClFN4O4. The lowest BCUT2D eigenvalue weighted by atomic mass is 9.92. The molecule has 6 rings (SSSR count). The Morgan fingerprint density at radius 3 is 2.64 bits per heavy atom. The monoisotopic (exact) mass is 592 g/mol. The molecule has 8 nitrogen and oxygen atoms in total. The van der Waals surface area contributed by atoms with Crippen molar-refractivity contribution in [2.24, 2.45) is 0 Å². The lowest BCUT2D eigenvalue weighted by molar-refractivity contribution is -0.0595. The zero-order valence-electron chi connectivity index (χ0n) is 23.5. The van der Waals surface area contributed by atoms with E-state index in [1.165, 1.54) is 6.07 Å². The summed E-state index contributed by atoms with van der Waals surface area (Å²) in [7, 11) is 0. The molecule has 42 heavy (non-hydrogen) atoms. The lowest BCUT2D eigenvalue weighted by Crippen LogP contribution is -2.38. The molecule has 0 saturated carbocycles. The van der Waals surface area contributed by atoms with Gasteiger partial charge in [-0.05, 0) is 75.2 Å². The second kappa shape index (κ2) is 12.4. The van der Waals surface area contributed by atoms with E-state index in [0.717, 1.165) is 67.9 Å². The Hall–Kier alpha value is -3.53. The zero-order chi connectivity index (χ0) is 29.2. The van der Waals surface area contributed by atoms with E-state index in [-0.39, 0.29) is 30.2 Å². The summed E-state index contributed by atoms with van der Waals surface area (Å²) < 4.78 is 27.9. The van der Waals surface area contributed by atoms with Crippen LogP contribution in [0.25, 0.3) is 11.0 Å². The molecular weight excluding hydrogens is 559 g/mol. The summed E-state index contributed by atoms with van der Waals surface area (Å²) in [5.41, 5.74) is 3.32. The van der Waals surface area contributed by atoms with Gasteiger partial charge in [-0.1, -0.05) is 30.7 Å². The highest BCUT2D eigenvalue weighted by Gasteiger charge is 2.31. The van der Waals surface area contributed by atoms with Crippen molar-refractivity contribution in [1.29, 1.82) is 0 Å². The number of benzene rings is 2. The molecule has 4 aromatic rings. The van der Waals surface area contributed by atoms with Gasteiger partial charge in [-0.25, -0.2) is 19.2 Å². The second-order valence-corrected chi connectivity index (χ2v) is 11.5. The van der Waals surface area contributed by atoms with Gasteiger partial charge < -0.3 is 19.1 Å². The number of aromatic carboxylic acids is 1. The van der Waals surface area contributed by atoms with Gasteiger partial charge in [0.15, 0.2) is 0 Å². The minimum atomic E-state index is -0.944. The SMILES string of the molecule is CC[C@H](c1nc2ccc(C(=O)O)cc2n1C[C@@H]1CCO1)N1CCC(c2cccc(OCc3ccc(Cl)cc3F)n2)CC1. The number of pyridine rings is 1. The van der Waals surface area contributed by atoms with E-state index in [9.17, 15) is 14.3 Å². The van der Waals surface area contributed by atoms with Crippen LogP contribution < -0.4 is 4.74 Å². The maximum atomic E-state index is 14.2. The summed E-state index contributed by atoms with van der Waals surface area (Å²) in [6, 6.07) is 15.6. The number of carboxylic acids is 1. The maximum Gasteiger partial charge on any atom is 0.335 e. The van der Waals surface area contributed by atoms with Gasteiger partial charge in [0.1, 0.15) is 18.2 Å². The zero-order valence-corrected chi connectivity index (χ0v) is 24.3. The van der Waals surface area contributed by atoms with Gasteiger partial charge in [0.25, 0.3) is 0 Å². The molecule has 10 heteroatoms. The summed E-state index contributed by atoms with van der Waals surface area (Å²) in [5.74, 6) is 0.387. The highest BCUT2D eigenvalue weighted by atomic mass is 35.5. The normalized spacial score (nSPS) is 18.6. The standard InChI is InChI=1S/C32H34ClFN4O4/c1-2-28(31-36-27-9-7-21(32(39)40)16-29(27)38(31)18-24-12-15-41-24)37-13-10-20(11-14-37)26-4-3-5-30(35-26)42-19-22-6-8-23(33)17-25(22)34/h3-9,16-17,20,24,28H,2,10-15,18-19H2,1H3,(H,39,40)/t24-,28+/m0/s1. The number of carbonyl (C=O) groups is 1. The Bertz CT molecular complexity index is 1580. The first-order valence-corrected chi connectivity index (χ1v) is 14.9. The molecule has 2 aromatic heterocycles. The number of nitrogens with zero attached hydrogens (tertiary/aromatic N) is 4. The van der Waals surface area contributed by atoms with Crippen LogP contribution in [0.4, 0.5) is 4.39 Å². The third kappa shape index (κ3) is 6.00. The van der Waals surface area contributed by atoms with Gasteiger partial charge in [-0.15, -0.1) is 0 Å². The Morgan fingerprint density at radius 1 is 1.14 bits per heavy atom. The molecule has 0 amide bonds. The Labute approximate surface area is 249 Å². The summed E-state index contributed by atoms with van der Waals surface area (Å²) >= 11 is 5.86. The van der Waals surface area contributed by atoms with Gasteiger partial charge >= 0.3 is 5.97 Å². The van der Waals surface area contributed by atoms with E-state index in [1.54, 1.807) is 36.4 Å². The molecule has 0 spiro atoms. The molecule has 2 aromatic carbocycles. The van der Waals surface area contributed by atoms with Gasteiger partial charge in [-0.3, -0.25) is 4.90 Å². The van der Waals surface area contributed by atoms with Crippen LogP contribution in [0.3, 0.4) is 0 Å².